The molecule has 0 fully saturated rings. The first-order chi connectivity index (χ1) is 9.71. The molecule has 0 aliphatic heterocycles. The number of ether oxygens (including phenoxy) is 1. The van der Waals surface area contributed by atoms with Crippen molar-refractivity contribution in [3.05, 3.63) is 41.6 Å². The van der Waals surface area contributed by atoms with Gasteiger partial charge in [-0.3, -0.25) is 4.79 Å². The van der Waals surface area contributed by atoms with Crippen molar-refractivity contribution in [3.8, 4) is 5.75 Å². The van der Waals surface area contributed by atoms with Crippen LogP contribution in [0.25, 0.3) is 0 Å². The van der Waals surface area contributed by atoms with Crippen LogP contribution < -0.4 is 14.8 Å². The van der Waals surface area contributed by atoms with Crippen LogP contribution in [-0.2, 0) is 0 Å². The molecule has 0 saturated carbocycles. The number of hydrogen-bond acceptors (Lipinski definition) is 4. The van der Waals surface area contributed by atoms with Crippen LogP contribution in [0, 0.1) is 0 Å². The SMILES string of the molecule is CCC/C(=C\NSC)COc1ccc(C(=O)NC)cc1. The van der Waals surface area contributed by atoms with Gasteiger partial charge in [0.1, 0.15) is 12.4 Å². The van der Waals surface area contributed by atoms with Gasteiger partial charge >= 0.3 is 0 Å². The summed E-state index contributed by atoms with van der Waals surface area (Å²) in [6.45, 7) is 2.70. The van der Waals surface area contributed by atoms with Crippen LogP contribution >= 0.6 is 11.9 Å². The van der Waals surface area contributed by atoms with Gasteiger partial charge in [-0.05, 0) is 36.3 Å². The minimum absolute atomic E-state index is 0.0905. The molecule has 0 aromatic heterocycles. The highest BCUT2D eigenvalue weighted by Gasteiger charge is 2.03. The summed E-state index contributed by atoms with van der Waals surface area (Å²) < 4.78 is 8.86. The largest absolute Gasteiger partial charge is 0.489 e. The van der Waals surface area contributed by atoms with Crippen molar-refractivity contribution >= 4 is 17.9 Å². The molecule has 0 heterocycles. The number of carbonyl (C=O) groups is 1. The van der Waals surface area contributed by atoms with E-state index in [1.807, 2.05) is 24.6 Å². The van der Waals surface area contributed by atoms with E-state index < -0.39 is 0 Å². The lowest BCUT2D eigenvalue weighted by atomic mass is 10.2. The van der Waals surface area contributed by atoms with Gasteiger partial charge in [-0.1, -0.05) is 25.3 Å². The fourth-order valence-corrected chi connectivity index (χ4v) is 1.96. The second-order valence-corrected chi connectivity index (χ2v) is 4.91. The summed E-state index contributed by atoms with van der Waals surface area (Å²) in [7, 11) is 1.62. The molecule has 0 atom stereocenters. The number of nitrogens with one attached hydrogen (secondary N) is 2. The van der Waals surface area contributed by atoms with Crippen molar-refractivity contribution in [2.45, 2.75) is 19.8 Å². The molecule has 0 unspecified atom stereocenters. The monoisotopic (exact) mass is 294 g/mol. The van der Waals surface area contributed by atoms with E-state index in [1.165, 1.54) is 5.57 Å². The minimum Gasteiger partial charge on any atom is -0.489 e. The number of rotatable bonds is 8. The van der Waals surface area contributed by atoms with Gasteiger partial charge in [0.15, 0.2) is 0 Å². The van der Waals surface area contributed by atoms with E-state index in [4.69, 9.17) is 4.74 Å². The van der Waals surface area contributed by atoms with Crippen LogP contribution in [0.4, 0.5) is 0 Å². The van der Waals surface area contributed by atoms with E-state index >= 15 is 0 Å². The van der Waals surface area contributed by atoms with E-state index in [2.05, 4.69) is 17.0 Å². The topological polar surface area (TPSA) is 50.4 Å². The Kier molecular flexibility index (Phi) is 7.65. The predicted octanol–water partition coefficient (Wildman–Crippen LogP) is 2.98. The highest BCUT2D eigenvalue weighted by Crippen LogP contribution is 2.14. The molecule has 1 aromatic carbocycles. The summed E-state index contributed by atoms with van der Waals surface area (Å²) in [6.07, 6.45) is 6.07. The zero-order valence-corrected chi connectivity index (χ0v) is 13.0. The molecule has 0 radical (unpaired) electrons. The predicted molar refractivity (Wildman–Crippen MR) is 85.0 cm³/mol. The fourth-order valence-electron chi connectivity index (χ4n) is 1.67. The van der Waals surface area contributed by atoms with Gasteiger partial charge in [0.05, 0.1) is 0 Å². The maximum atomic E-state index is 11.4. The zero-order valence-electron chi connectivity index (χ0n) is 12.2. The van der Waals surface area contributed by atoms with Gasteiger partial charge in [0.2, 0.25) is 0 Å². The third kappa shape index (κ3) is 5.57. The summed E-state index contributed by atoms with van der Waals surface area (Å²) in [4.78, 5) is 11.4. The van der Waals surface area contributed by atoms with Crippen LogP contribution in [0.1, 0.15) is 30.1 Å². The smallest absolute Gasteiger partial charge is 0.251 e. The fraction of sp³-hybridized carbons (Fsp3) is 0.400. The standard InChI is InChI=1S/C15H22N2O2S/c1-4-5-12(10-17-20-3)11-19-14-8-6-13(7-9-14)15(18)16-2/h6-10,17H,4-5,11H2,1-3H3,(H,16,18)/b12-10+. The van der Waals surface area contributed by atoms with E-state index in [1.54, 1.807) is 31.1 Å². The van der Waals surface area contributed by atoms with Crippen LogP contribution in [0.3, 0.4) is 0 Å². The van der Waals surface area contributed by atoms with Gasteiger partial charge in [0, 0.05) is 25.1 Å². The molecule has 1 amide bonds. The maximum Gasteiger partial charge on any atom is 0.251 e. The Balaban J connectivity index is 2.57. The molecule has 1 rings (SSSR count). The van der Waals surface area contributed by atoms with Crippen molar-refractivity contribution in [1.29, 1.82) is 0 Å². The number of hydrogen-bond donors (Lipinski definition) is 2. The minimum atomic E-state index is -0.0905. The summed E-state index contributed by atoms with van der Waals surface area (Å²) in [5.74, 6) is 0.677. The second kappa shape index (κ2) is 9.31. The second-order valence-electron chi connectivity index (χ2n) is 4.27. The van der Waals surface area contributed by atoms with Gasteiger partial charge in [-0.15, -0.1) is 0 Å². The molecular formula is C15H22N2O2S. The van der Waals surface area contributed by atoms with Crippen LogP contribution in [0.5, 0.6) is 5.75 Å². The summed E-state index contributed by atoms with van der Waals surface area (Å²) in [6, 6.07) is 7.15. The molecule has 110 valence electrons. The van der Waals surface area contributed by atoms with Crippen molar-refractivity contribution in [1.82, 2.24) is 10.0 Å². The molecule has 2 N–H and O–H groups in total. The normalized spacial score (nSPS) is 11.1. The van der Waals surface area contributed by atoms with E-state index in [-0.39, 0.29) is 5.91 Å². The van der Waals surface area contributed by atoms with Gasteiger partial charge in [-0.25, -0.2) is 0 Å². The van der Waals surface area contributed by atoms with E-state index in [0.717, 1.165) is 18.6 Å². The van der Waals surface area contributed by atoms with Crippen molar-refractivity contribution < 1.29 is 9.53 Å². The molecule has 0 bridgehead atoms. The van der Waals surface area contributed by atoms with E-state index in [0.29, 0.717) is 12.2 Å². The summed E-state index contributed by atoms with van der Waals surface area (Å²) >= 11 is 1.56. The van der Waals surface area contributed by atoms with Crippen molar-refractivity contribution in [2.24, 2.45) is 0 Å². The molecular weight excluding hydrogens is 272 g/mol. The Morgan fingerprint density at radius 3 is 2.60 bits per heavy atom. The summed E-state index contributed by atoms with van der Waals surface area (Å²) in [5.41, 5.74) is 1.85. The Morgan fingerprint density at radius 2 is 2.05 bits per heavy atom. The molecule has 4 nitrogen and oxygen atoms in total. The zero-order chi connectivity index (χ0) is 14.8. The first-order valence-electron chi connectivity index (χ1n) is 6.62. The maximum absolute atomic E-state index is 11.4. The lowest BCUT2D eigenvalue weighted by Gasteiger charge is -2.10. The quantitative estimate of drug-likeness (QED) is 0.724. The summed E-state index contributed by atoms with van der Waals surface area (Å²) in [5, 5.41) is 2.59. The number of benzene rings is 1. The Hall–Kier alpha value is -1.62. The highest BCUT2D eigenvalue weighted by molar-refractivity contribution is 7.96. The van der Waals surface area contributed by atoms with Crippen molar-refractivity contribution in [2.75, 3.05) is 19.9 Å². The average Bonchev–Trinajstić information content (AvgIpc) is 2.49. The van der Waals surface area contributed by atoms with Crippen LogP contribution in [0.2, 0.25) is 0 Å². The lowest BCUT2D eigenvalue weighted by Crippen LogP contribution is -2.17. The number of carbonyl (C=O) groups excluding carboxylic acids is 1. The first-order valence-corrected chi connectivity index (χ1v) is 7.85. The van der Waals surface area contributed by atoms with Crippen LogP contribution in [-0.4, -0.2) is 25.8 Å². The Bertz CT molecular complexity index is 444. The molecule has 0 saturated heterocycles. The highest BCUT2D eigenvalue weighted by atomic mass is 32.2. The average molecular weight is 294 g/mol. The molecule has 0 spiro atoms. The van der Waals surface area contributed by atoms with E-state index in [9.17, 15) is 4.79 Å². The first kappa shape index (κ1) is 16.4. The lowest BCUT2D eigenvalue weighted by molar-refractivity contribution is 0.0963. The number of amides is 1. The van der Waals surface area contributed by atoms with Gasteiger partial charge < -0.3 is 14.8 Å². The molecule has 5 heteroatoms. The molecule has 0 aliphatic rings. The molecule has 0 aliphatic carbocycles. The molecule has 1 aromatic rings. The Morgan fingerprint density at radius 1 is 1.35 bits per heavy atom. The molecule has 20 heavy (non-hydrogen) atoms. The van der Waals surface area contributed by atoms with Crippen LogP contribution in [0.15, 0.2) is 36.0 Å². The third-order valence-corrected chi connectivity index (χ3v) is 3.07. The van der Waals surface area contributed by atoms with Crippen molar-refractivity contribution in [3.63, 3.8) is 0 Å². The van der Waals surface area contributed by atoms with Gasteiger partial charge in [-0.2, -0.15) is 0 Å². The van der Waals surface area contributed by atoms with Gasteiger partial charge in [0.25, 0.3) is 5.91 Å². The Labute approximate surface area is 125 Å². The third-order valence-electron chi connectivity index (χ3n) is 2.72.